The maximum absolute atomic E-state index is 12.1. The first-order valence-electron chi connectivity index (χ1n) is 4.98. The van der Waals surface area contributed by atoms with Crippen LogP contribution in [0.2, 0.25) is 5.02 Å². The number of halogens is 1. The van der Waals surface area contributed by atoms with Crippen molar-refractivity contribution in [2.45, 2.75) is 11.8 Å². The van der Waals surface area contributed by atoms with E-state index in [1.807, 2.05) is 0 Å². The summed E-state index contributed by atoms with van der Waals surface area (Å²) in [4.78, 5) is 0.0402. The summed E-state index contributed by atoms with van der Waals surface area (Å²) in [6, 6.07) is 4.12. The zero-order chi connectivity index (χ0) is 13.3. The number of nitrogen functional groups attached to an aromatic ring is 1. The van der Waals surface area contributed by atoms with Gasteiger partial charge in [-0.15, -0.1) is 0 Å². The predicted molar refractivity (Wildman–Crippen MR) is 70.0 cm³/mol. The van der Waals surface area contributed by atoms with Gasteiger partial charge in [0.2, 0.25) is 0 Å². The second-order valence-corrected chi connectivity index (χ2v) is 5.81. The maximum atomic E-state index is 12.1. The van der Waals surface area contributed by atoms with Crippen molar-refractivity contribution in [1.82, 2.24) is 10.2 Å². The monoisotopic (exact) mass is 286 g/mol. The molecule has 0 aliphatic heterocycles. The van der Waals surface area contributed by atoms with Crippen molar-refractivity contribution < 1.29 is 8.42 Å². The molecule has 0 spiro atoms. The average molecular weight is 287 g/mol. The second-order valence-electron chi connectivity index (χ2n) is 3.72. The van der Waals surface area contributed by atoms with Gasteiger partial charge in [-0.3, -0.25) is 9.82 Å². The number of aromatic nitrogens is 2. The number of benzene rings is 1. The lowest BCUT2D eigenvalue weighted by Gasteiger charge is -2.08. The number of nitrogens with two attached hydrogens (primary N) is 1. The van der Waals surface area contributed by atoms with Crippen LogP contribution in [0.4, 0.5) is 11.5 Å². The molecule has 18 heavy (non-hydrogen) atoms. The normalized spacial score (nSPS) is 11.4. The van der Waals surface area contributed by atoms with Crippen LogP contribution in [0, 0.1) is 6.92 Å². The summed E-state index contributed by atoms with van der Waals surface area (Å²) in [5.41, 5.74) is 6.48. The summed E-state index contributed by atoms with van der Waals surface area (Å²) < 4.78 is 26.5. The van der Waals surface area contributed by atoms with Crippen molar-refractivity contribution in [2.24, 2.45) is 0 Å². The fourth-order valence-electron chi connectivity index (χ4n) is 1.33. The van der Waals surface area contributed by atoms with E-state index >= 15 is 0 Å². The predicted octanol–water partition coefficient (Wildman–Crippen LogP) is 1.75. The molecule has 0 aliphatic rings. The number of hydrogen-bond donors (Lipinski definition) is 3. The fraction of sp³-hybridized carbons (Fsp3) is 0.100. The number of nitrogens with zero attached hydrogens (tertiary/aromatic N) is 1. The topological polar surface area (TPSA) is 101 Å². The van der Waals surface area contributed by atoms with E-state index in [4.69, 9.17) is 17.3 Å². The van der Waals surface area contributed by atoms with Gasteiger partial charge in [-0.25, -0.2) is 8.42 Å². The molecule has 4 N–H and O–H groups in total. The van der Waals surface area contributed by atoms with Gasteiger partial charge in [0.1, 0.15) is 5.82 Å². The summed E-state index contributed by atoms with van der Waals surface area (Å²) in [7, 11) is -3.70. The standard InChI is InChI=1S/C10H11ClN4O2S/c1-6-5-13-14-10(6)15-18(16,17)7-2-3-8(11)9(12)4-7/h2-5H,12H2,1H3,(H2,13,14,15). The SMILES string of the molecule is Cc1cn[nH]c1NS(=O)(=O)c1ccc(Cl)c(N)c1. The number of aromatic amines is 1. The number of rotatable bonds is 3. The van der Waals surface area contributed by atoms with Crippen LogP contribution in [0.3, 0.4) is 0 Å². The summed E-state index contributed by atoms with van der Waals surface area (Å²) in [5.74, 6) is 0.323. The number of anilines is 2. The molecule has 0 amide bonds. The van der Waals surface area contributed by atoms with Crippen LogP contribution >= 0.6 is 11.6 Å². The van der Waals surface area contributed by atoms with Crippen LogP contribution in [0.5, 0.6) is 0 Å². The molecule has 0 fully saturated rings. The van der Waals surface area contributed by atoms with Gasteiger partial charge in [0.15, 0.2) is 0 Å². The van der Waals surface area contributed by atoms with Crippen molar-refractivity contribution >= 4 is 33.1 Å². The Hall–Kier alpha value is -1.73. The van der Waals surface area contributed by atoms with Crippen LogP contribution in [0.1, 0.15) is 5.56 Å². The van der Waals surface area contributed by atoms with Gasteiger partial charge in [-0.1, -0.05) is 11.6 Å². The summed E-state index contributed by atoms with van der Waals surface area (Å²) in [5, 5.41) is 6.60. The highest BCUT2D eigenvalue weighted by Gasteiger charge is 2.17. The quantitative estimate of drug-likeness (QED) is 0.748. The van der Waals surface area contributed by atoms with Gasteiger partial charge in [-0.05, 0) is 25.1 Å². The van der Waals surface area contributed by atoms with E-state index in [1.54, 1.807) is 6.92 Å². The van der Waals surface area contributed by atoms with Crippen molar-refractivity contribution in [3.8, 4) is 0 Å². The molecule has 0 atom stereocenters. The highest BCUT2D eigenvalue weighted by Crippen LogP contribution is 2.24. The molecular weight excluding hydrogens is 276 g/mol. The average Bonchev–Trinajstić information content (AvgIpc) is 2.67. The molecule has 0 bridgehead atoms. The first-order valence-corrected chi connectivity index (χ1v) is 6.84. The smallest absolute Gasteiger partial charge is 0.263 e. The molecule has 0 aliphatic carbocycles. The molecule has 0 saturated carbocycles. The third-order valence-electron chi connectivity index (χ3n) is 2.34. The molecule has 6 nitrogen and oxygen atoms in total. The molecule has 0 saturated heterocycles. The number of nitrogens with one attached hydrogen (secondary N) is 2. The molecular formula is C10H11ClN4O2S. The summed E-state index contributed by atoms with van der Waals surface area (Å²) in [6.07, 6.45) is 1.52. The molecule has 1 aromatic heterocycles. The van der Waals surface area contributed by atoms with Gasteiger partial charge in [0, 0.05) is 5.56 Å². The van der Waals surface area contributed by atoms with Crippen LogP contribution in [-0.2, 0) is 10.0 Å². The molecule has 2 aromatic rings. The Bertz CT molecular complexity index is 681. The number of sulfonamides is 1. The lowest BCUT2D eigenvalue weighted by molar-refractivity contribution is 0.601. The zero-order valence-electron chi connectivity index (χ0n) is 9.44. The maximum Gasteiger partial charge on any atom is 0.263 e. The van der Waals surface area contributed by atoms with Crippen molar-refractivity contribution in [1.29, 1.82) is 0 Å². The van der Waals surface area contributed by atoms with Gasteiger partial charge in [-0.2, -0.15) is 5.10 Å². The fourth-order valence-corrected chi connectivity index (χ4v) is 2.57. The Morgan fingerprint density at radius 3 is 2.72 bits per heavy atom. The van der Waals surface area contributed by atoms with Gasteiger partial charge in [0.25, 0.3) is 10.0 Å². The van der Waals surface area contributed by atoms with E-state index in [9.17, 15) is 8.42 Å². The first-order chi connectivity index (χ1) is 8.40. The molecule has 8 heteroatoms. The second kappa shape index (κ2) is 4.51. The summed E-state index contributed by atoms with van der Waals surface area (Å²) in [6.45, 7) is 1.73. The Morgan fingerprint density at radius 2 is 2.17 bits per heavy atom. The van der Waals surface area contributed by atoms with E-state index in [0.717, 1.165) is 0 Å². The van der Waals surface area contributed by atoms with Crippen molar-refractivity contribution in [3.05, 3.63) is 35.0 Å². The molecule has 0 radical (unpaired) electrons. The lowest BCUT2D eigenvalue weighted by Crippen LogP contribution is -2.14. The third-order valence-corrected chi connectivity index (χ3v) is 4.03. The number of aryl methyl sites for hydroxylation is 1. The molecule has 1 aromatic carbocycles. The van der Waals surface area contributed by atoms with E-state index in [0.29, 0.717) is 16.4 Å². The largest absolute Gasteiger partial charge is 0.397 e. The minimum absolute atomic E-state index is 0.0402. The van der Waals surface area contributed by atoms with Gasteiger partial charge >= 0.3 is 0 Å². The highest BCUT2D eigenvalue weighted by molar-refractivity contribution is 7.92. The Morgan fingerprint density at radius 1 is 1.44 bits per heavy atom. The Kier molecular flexibility index (Phi) is 3.18. The minimum atomic E-state index is -3.70. The van der Waals surface area contributed by atoms with Gasteiger partial charge in [0.05, 0.1) is 21.8 Å². The number of H-pyrrole nitrogens is 1. The molecule has 1 heterocycles. The summed E-state index contributed by atoms with van der Waals surface area (Å²) >= 11 is 5.74. The number of hydrogen-bond acceptors (Lipinski definition) is 4. The van der Waals surface area contributed by atoms with E-state index < -0.39 is 10.0 Å². The third kappa shape index (κ3) is 2.41. The van der Waals surface area contributed by atoms with Crippen molar-refractivity contribution in [2.75, 3.05) is 10.5 Å². The van der Waals surface area contributed by atoms with E-state index in [2.05, 4.69) is 14.9 Å². The van der Waals surface area contributed by atoms with Crippen molar-refractivity contribution in [3.63, 3.8) is 0 Å². The minimum Gasteiger partial charge on any atom is -0.397 e. The van der Waals surface area contributed by atoms with Gasteiger partial charge < -0.3 is 5.73 Å². The molecule has 96 valence electrons. The highest BCUT2D eigenvalue weighted by atomic mass is 35.5. The van der Waals surface area contributed by atoms with Crippen LogP contribution in [0.15, 0.2) is 29.3 Å². The lowest BCUT2D eigenvalue weighted by atomic mass is 10.3. The first kappa shape index (κ1) is 12.7. The van der Waals surface area contributed by atoms with E-state index in [1.165, 1.54) is 24.4 Å². The van der Waals surface area contributed by atoms with Crippen LogP contribution in [0.25, 0.3) is 0 Å². The zero-order valence-corrected chi connectivity index (χ0v) is 11.0. The van der Waals surface area contributed by atoms with E-state index in [-0.39, 0.29) is 10.6 Å². The van der Waals surface area contributed by atoms with Crippen LogP contribution in [-0.4, -0.2) is 18.6 Å². The molecule has 2 rings (SSSR count). The Balaban J connectivity index is 2.37. The van der Waals surface area contributed by atoms with Crippen LogP contribution < -0.4 is 10.5 Å². The molecule has 0 unspecified atom stereocenters. The Labute approximate surface area is 109 Å².